The van der Waals surface area contributed by atoms with E-state index in [4.69, 9.17) is 4.74 Å². The van der Waals surface area contributed by atoms with Gasteiger partial charge in [0.15, 0.2) is 0 Å². The van der Waals surface area contributed by atoms with Crippen molar-refractivity contribution in [2.75, 3.05) is 11.4 Å². The van der Waals surface area contributed by atoms with Gasteiger partial charge in [0.05, 0.1) is 24.1 Å². The number of ether oxygens (including phenoxy) is 1. The van der Waals surface area contributed by atoms with Gasteiger partial charge in [-0.05, 0) is 52.2 Å². The van der Waals surface area contributed by atoms with Crippen molar-refractivity contribution in [1.82, 2.24) is 19.9 Å². The Labute approximate surface area is 195 Å². The molecule has 0 unspecified atom stereocenters. The lowest BCUT2D eigenvalue weighted by molar-refractivity contribution is -0.128. The van der Waals surface area contributed by atoms with Gasteiger partial charge >= 0.3 is 6.09 Å². The zero-order valence-electron chi connectivity index (χ0n) is 19.7. The van der Waals surface area contributed by atoms with E-state index < -0.39 is 17.7 Å². The molecule has 0 spiro atoms. The predicted octanol–water partition coefficient (Wildman–Crippen LogP) is 4.46. The lowest BCUT2D eigenvalue weighted by Crippen LogP contribution is -2.59. The first-order valence-electron chi connectivity index (χ1n) is 11.8. The Morgan fingerprint density at radius 3 is 2.36 bits per heavy atom. The number of amides is 2. The smallest absolute Gasteiger partial charge is 0.410 e. The van der Waals surface area contributed by atoms with Gasteiger partial charge in [0.1, 0.15) is 11.6 Å². The maximum Gasteiger partial charge on any atom is 0.410 e. The molecule has 1 saturated heterocycles. The third-order valence-corrected chi connectivity index (χ3v) is 6.24. The molecule has 1 aliphatic carbocycles. The molecule has 8 nitrogen and oxygen atoms in total. The summed E-state index contributed by atoms with van der Waals surface area (Å²) in [6.45, 7) is 6.24. The molecule has 1 atom stereocenters. The van der Waals surface area contributed by atoms with Crippen LogP contribution in [0.4, 0.5) is 10.5 Å². The fourth-order valence-corrected chi connectivity index (χ4v) is 4.40. The number of rotatable bonds is 5. The second-order valence-electron chi connectivity index (χ2n) is 9.88. The number of aromatic nitrogens is 3. The minimum atomic E-state index is -0.610. The Morgan fingerprint density at radius 1 is 1.06 bits per heavy atom. The van der Waals surface area contributed by atoms with Crippen molar-refractivity contribution in [2.45, 2.75) is 83.4 Å². The van der Waals surface area contributed by atoms with Crippen LogP contribution in [0.5, 0.6) is 0 Å². The lowest BCUT2D eigenvalue weighted by atomic mass is 9.87. The summed E-state index contributed by atoms with van der Waals surface area (Å²) < 4.78 is 5.48. The molecule has 2 aliphatic rings. The molecule has 2 fully saturated rings. The molecule has 1 aliphatic heterocycles. The number of anilines is 1. The van der Waals surface area contributed by atoms with Crippen LogP contribution in [0, 0.1) is 0 Å². The second-order valence-corrected chi connectivity index (χ2v) is 9.88. The van der Waals surface area contributed by atoms with Crippen LogP contribution in [0.3, 0.4) is 0 Å². The summed E-state index contributed by atoms with van der Waals surface area (Å²) in [6.07, 6.45) is 13.2. The third kappa shape index (κ3) is 5.67. The third-order valence-electron chi connectivity index (χ3n) is 6.24. The summed E-state index contributed by atoms with van der Waals surface area (Å²) in [7, 11) is 0. The minimum absolute atomic E-state index is 0.156. The van der Waals surface area contributed by atoms with Gasteiger partial charge in [-0.25, -0.2) is 4.79 Å². The number of hydrogen-bond acceptors (Lipinski definition) is 6. The number of likely N-dealkylation sites (tertiary alicyclic amines) is 1. The van der Waals surface area contributed by atoms with E-state index in [1.165, 1.54) is 24.2 Å². The highest BCUT2D eigenvalue weighted by Gasteiger charge is 2.42. The Balaban J connectivity index is 1.50. The Bertz CT molecular complexity index is 952. The Hall–Kier alpha value is -3.03. The Morgan fingerprint density at radius 2 is 1.79 bits per heavy atom. The van der Waals surface area contributed by atoms with Crippen LogP contribution < -0.4 is 4.90 Å². The van der Waals surface area contributed by atoms with E-state index in [-0.39, 0.29) is 12.5 Å². The molecule has 33 heavy (non-hydrogen) atoms. The van der Waals surface area contributed by atoms with Crippen molar-refractivity contribution in [1.29, 1.82) is 0 Å². The van der Waals surface area contributed by atoms with E-state index in [0.29, 0.717) is 30.3 Å². The molecule has 8 heteroatoms. The fourth-order valence-electron chi connectivity index (χ4n) is 4.40. The molecule has 0 aromatic carbocycles. The first-order valence-corrected chi connectivity index (χ1v) is 11.8. The average molecular weight is 452 g/mol. The predicted molar refractivity (Wildman–Crippen MR) is 125 cm³/mol. The van der Waals surface area contributed by atoms with Crippen molar-refractivity contribution in [3.8, 4) is 0 Å². The highest BCUT2D eigenvalue weighted by Crippen LogP contribution is 2.31. The SMILES string of the molecule is CC(C)(C)OC(=O)N1CC[C@@H]1C(=O)N(Cc1cnc(C2CCCCC2)cn1)c1ccncc1. The number of hydrogen-bond donors (Lipinski definition) is 0. The number of pyridine rings is 1. The molecule has 3 heterocycles. The standard InChI is InChI=1S/C25H33N5O3/c1-25(2,3)33-24(32)29-14-11-22(29)23(31)30(20-9-12-26-13-10-20)17-19-15-28-21(16-27-19)18-7-5-4-6-8-18/h9-10,12-13,15-16,18,22H,4-8,11,14,17H2,1-3H3/t22-/m1/s1. The molecular formula is C25H33N5O3. The van der Waals surface area contributed by atoms with Gasteiger partial charge in [-0.1, -0.05) is 19.3 Å². The zero-order valence-corrected chi connectivity index (χ0v) is 19.7. The molecule has 2 aromatic rings. The van der Waals surface area contributed by atoms with E-state index in [2.05, 4.69) is 15.0 Å². The van der Waals surface area contributed by atoms with E-state index in [1.54, 1.807) is 35.6 Å². The molecule has 2 aromatic heterocycles. The van der Waals surface area contributed by atoms with Gasteiger partial charge in [-0.3, -0.25) is 24.6 Å². The first kappa shape index (κ1) is 23.1. The lowest BCUT2D eigenvalue weighted by Gasteiger charge is -2.42. The van der Waals surface area contributed by atoms with Gasteiger partial charge in [0.25, 0.3) is 0 Å². The fraction of sp³-hybridized carbons (Fsp3) is 0.560. The van der Waals surface area contributed by atoms with Crippen molar-refractivity contribution in [2.24, 2.45) is 0 Å². The largest absolute Gasteiger partial charge is 0.444 e. The molecule has 0 bridgehead atoms. The molecule has 0 N–H and O–H groups in total. The van der Waals surface area contributed by atoms with Crippen molar-refractivity contribution >= 4 is 17.7 Å². The first-order chi connectivity index (χ1) is 15.8. The molecule has 2 amide bonds. The van der Waals surface area contributed by atoms with Gasteiger partial charge < -0.3 is 9.64 Å². The van der Waals surface area contributed by atoms with Crippen LogP contribution in [0.2, 0.25) is 0 Å². The summed E-state index contributed by atoms with van der Waals surface area (Å²) >= 11 is 0. The van der Waals surface area contributed by atoms with Crippen LogP contribution >= 0.6 is 0 Å². The summed E-state index contributed by atoms with van der Waals surface area (Å²) in [5.74, 6) is 0.326. The Kier molecular flexibility index (Phi) is 6.91. The monoisotopic (exact) mass is 451 g/mol. The molecule has 1 saturated carbocycles. The van der Waals surface area contributed by atoms with Crippen LogP contribution in [-0.4, -0.2) is 50.0 Å². The van der Waals surface area contributed by atoms with Crippen LogP contribution in [0.1, 0.15) is 76.6 Å². The quantitative estimate of drug-likeness (QED) is 0.667. The molecule has 176 valence electrons. The van der Waals surface area contributed by atoms with Crippen molar-refractivity contribution in [3.63, 3.8) is 0 Å². The van der Waals surface area contributed by atoms with E-state index in [1.807, 2.05) is 27.0 Å². The summed E-state index contributed by atoms with van der Waals surface area (Å²) in [5, 5.41) is 0. The van der Waals surface area contributed by atoms with E-state index >= 15 is 0 Å². The van der Waals surface area contributed by atoms with Crippen LogP contribution in [0.15, 0.2) is 36.9 Å². The van der Waals surface area contributed by atoms with Gasteiger partial charge in [0, 0.05) is 36.7 Å². The van der Waals surface area contributed by atoms with E-state index in [9.17, 15) is 9.59 Å². The normalized spacial score (nSPS) is 19.0. The van der Waals surface area contributed by atoms with Crippen LogP contribution in [0.25, 0.3) is 0 Å². The van der Waals surface area contributed by atoms with Crippen molar-refractivity contribution in [3.05, 3.63) is 48.3 Å². The van der Waals surface area contributed by atoms with Crippen molar-refractivity contribution < 1.29 is 14.3 Å². The topological polar surface area (TPSA) is 88.5 Å². The van der Waals surface area contributed by atoms with Gasteiger partial charge in [-0.2, -0.15) is 0 Å². The highest BCUT2D eigenvalue weighted by molar-refractivity contribution is 5.99. The number of carbonyl (C=O) groups is 2. The summed E-state index contributed by atoms with van der Waals surface area (Å²) in [6, 6.07) is 3.03. The van der Waals surface area contributed by atoms with Gasteiger partial charge in [0.2, 0.25) is 5.91 Å². The average Bonchev–Trinajstić information content (AvgIpc) is 2.77. The van der Waals surface area contributed by atoms with E-state index in [0.717, 1.165) is 18.5 Å². The number of nitrogens with zero attached hydrogens (tertiary/aromatic N) is 5. The van der Waals surface area contributed by atoms with Crippen LogP contribution in [-0.2, 0) is 16.1 Å². The molecular weight excluding hydrogens is 418 g/mol. The number of carbonyl (C=O) groups excluding carboxylic acids is 2. The molecule has 4 rings (SSSR count). The maximum atomic E-state index is 13.5. The summed E-state index contributed by atoms with van der Waals surface area (Å²) in [4.78, 5) is 42.6. The highest BCUT2D eigenvalue weighted by atomic mass is 16.6. The maximum absolute atomic E-state index is 13.5. The summed E-state index contributed by atoms with van der Waals surface area (Å²) in [5.41, 5.74) is 1.85. The second kappa shape index (κ2) is 9.85. The molecule has 0 radical (unpaired) electrons. The zero-order chi connectivity index (χ0) is 23.4. The van der Waals surface area contributed by atoms with Gasteiger partial charge in [-0.15, -0.1) is 0 Å². The minimum Gasteiger partial charge on any atom is -0.444 e.